The molecule has 0 fully saturated rings. The van der Waals surface area contributed by atoms with E-state index in [9.17, 15) is 15.2 Å². The molecule has 4 nitrogen and oxygen atoms in total. The van der Waals surface area contributed by atoms with Gasteiger partial charge in [-0.15, -0.1) is 0 Å². The number of hydrogen-bond donors (Lipinski definition) is 1. The lowest BCUT2D eigenvalue weighted by atomic mass is 9.94. The standard InChI is InChI=1S/C13H15NO3/c15-7-10-5-4-9-6-8-2-1-3-11(8)13(12(9)10)14(16)17/h6,10,15H,1-5,7H2. The second kappa shape index (κ2) is 3.81. The molecule has 0 amide bonds. The van der Waals surface area contributed by atoms with Gasteiger partial charge in [-0.2, -0.15) is 0 Å². The Bertz CT molecular complexity index is 496. The topological polar surface area (TPSA) is 63.4 Å². The van der Waals surface area contributed by atoms with Gasteiger partial charge in [-0.3, -0.25) is 10.1 Å². The maximum absolute atomic E-state index is 11.3. The lowest BCUT2D eigenvalue weighted by Crippen LogP contribution is -2.06. The van der Waals surface area contributed by atoms with Crippen molar-refractivity contribution in [3.05, 3.63) is 38.4 Å². The van der Waals surface area contributed by atoms with Crippen LogP contribution in [0.4, 0.5) is 5.69 Å². The van der Waals surface area contributed by atoms with Crippen LogP contribution in [-0.2, 0) is 19.3 Å². The van der Waals surface area contributed by atoms with Crippen LogP contribution in [0.1, 0.15) is 41.0 Å². The number of nitrogens with zero attached hydrogens (tertiary/aromatic N) is 1. The van der Waals surface area contributed by atoms with E-state index in [1.165, 1.54) is 0 Å². The molecule has 0 saturated heterocycles. The molecule has 4 heteroatoms. The van der Waals surface area contributed by atoms with E-state index in [4.69, 9.17) is 0 Å². The molecule has 0 aliphatic heterocycles. The van der Waals surface area contributed by atoms with Crippen molar-refractivity contribution in [3.63, 3.8) is 0 Å². The van der Waals surface area contributed by atoms with E-state index in [1.54, 1.807) is 0 Å². The Morgan fingerprint density at radius 2 is 2.18 bits per heavy atom. The molecule has 17 heavy (non-hydrogen) atoms. The number of nitro groups is 1. The molecule has 3 rings (SSSR count). The SMILES string of the molecule is O=[N+]([O-])c1c2c(cc3c1C(CO)CC3)CCC2. The highest BCUT2D eigenvalue weighted by Gasteiger charge is 2.35. The number of hydrogen-bond acceptors (Lipinski definition) is 3. The molecule has 0 saturated carbocycles. The van der Waals surface area contributed by atoms with Crippen molar-refractivity contribution < 1.29 is 10.0 Å². The Balaban J connectivity index is 2.26. The van der Waals surface area contributed by atoms with Crippen molar-refractivity contribution in [2.24, 2.45) is 0 Å². The van der Waals surface area contributed by atoms with Crippen LogP contribution in [0.2, 0.25) is 0 Å². The number of rotatable bonds is 2. The minimum Gasteiger partial charge on any atom is -0.396 e. The van der Waals surface area contributed by atoms with E-state index in [2.05, 4.69) is 6.07 Å². The van der Waals surface area contributed by atoms with Gasteiger partial charge >= 0.3 is 0 Å². The summed E-state index contributed by atoms with van der Waals surface area (Å²) < 4.78 is 0. The van der Waals surface area contributed by atoms with Gasteiger partial charge in [0.15, 0.2) is 0 Å². The van der Waals surface area contributed by atoms with Crippen molar-refractivity contribution in [1.82, 2.24) is 0 Å². The fraction of sp³-hybridized carbons (Fsp3) is 0.538. The number of aliphatic hydroxyl groups is 1. The van der Waals surface area contributed by atoms with Gasteiger partial charge in [0.2, 0.25) is 0 Å². The molecule has 1 aromatic rings. The van der Waals surface area contributed by atoms with Crippen LogP contribution in [0.3, 0.4) is 0 Å². The Kier molecular flexibility index (Phi) is 2.40. The zero-order valence-corrected chi connectivity index (χ0v) is 9.61. The number of aryl methyl sites for hydroxylation is 2. The van der Waals surface area contributed by atoms with Crippen molar-refractivity contribution in [2.45, 2.75) is 38.0 Å². The van der Waals surface area contributed by atoms with E-state index in [0.717, 1.165) is 54.4 Å². The Labute approximate surface area is 99.4 Å². The van der Waals surface area contributed by atoms with Crippen LogP contribution in [0.5, 0.6) is 0 Å². The third-order valence-electron chi connectivity index (χ3n) is 4.07. The van der Waals surface area contributed by atoms with Gasteiger partial charge in [0.1, 0.15) is 0 Å². The van der Waals surface area contributed by atoms with E-state index in [1.807, 2.05) is 0 Å². The van der Waals surface area contributed by atoms with Crippen LogP contribution in [0.25, 0.3) is 0 Å². The van der Waals surface area contributed by atoms with E-state index in [0.29, 0.717) is 5.69 Å². The first kappa shape index (κ1) is 10.7. The normalized spacial score (nSPS) is 21.4. The lowest BCUT2D eigenvalue weighted by Gasteiger charge is -2.11. The first-order valence-corrected chi connectivity index (χ1v) is 6.15. The Morgan fingerprint density at radius 3 is 2.88 bits per heavy atom. The molecular formula is C13H15NO3. The smallest absolute Gasteiger partial charge is 0.276 e. The number of aliphatic hydroxyl groups excluding tert-OH is 1. The summed E-state index contributed by atoms with van der Waals surface area (Å²) in [6.45, 7) is 0.0205. The summed E-state index contributed by atoms with van der Waals surface area (Å²) in [5.41, 5.74) is 4.31. The first-order chi connectivity index (χ1) is 8.22. The molecule has 1 atom stereocenters. The van der Waals surface area contributed by atoms with E-state index >= 15 is 0 Å². The Morgan fingerprint density at radius 1 is 1.35 bits per heavy atom. The van der Waals surface area contributed by atoms with Gasteiger partial charge in [-0.1, -0.05) is 6.07 Å². The van der Waals surface area contributed by atoms with Gasteiger partial charge in [-0.25, -0.2) is 0 Å². The van der Waals surface area contributed by atoms with Crippen LogP contribution in [0, 0.1) is 10.1 Å². The fourth-order valence-electron chi connectivity index (χ4n) is 3.33. The van der Waals surface area contributed by atoms with Crippen LogP contribution in [0.15, 0.2) is 6.07 Å². The molecule has 2 aliphatic carbocycles. The highest BCUT2D eigenvalue weighted by molar-refractivity contribution is 5.60. The Hall–Kier alpha value is -1.42. The van der Waals surface area contributed by atoms with Crippen molar-refractivity contribution in [3.8, 4) is 0 Å². The predicted molar refractivity (Wildman–Crippen MR) is 63.3 cm³/mol. The van der Waals surface area contributed by atoms with Crippen molar-refractivity contribution in [2.75, 3.05) is 6.61 Å². The molecular weight excluding hydrogens is 218 g/mol. The zero-order valence-electron chi connectivity index (χ0n) is 9.61. The van der Waals surface area contributed by atoms with Crippen molar-refractivity contribution >= 4 is 5.69 Å². The second-order valence-electron chi connectivity index (χ2n) is 4.96. The molecule has 2 aliphatic rings. The molecule has 1 N–H and O–H groups in total. The minimum atomic E-state index is -0.239. The van der Waals surface area contributed by atoms with Crippen LogP contribution < -0.4 is 0 Å². The van der Waals surface area contributed by atoms with Gasteiger partial charge in [0.05, 0.1) is 11.5 Å². The summed E-state index contributed by atoms with van der Waals surface area (Å²) in [5, 5.41) is 20.7. The van der Waals surface area contributed by atoms with E-state index < -0.39 is 0 Å². The van der Waals surface area contributed by atoms with Gasteiger partial charge < -0.3 is 5.11 Å². The minimum absolute atomic E-state index is 0.0205. The average Bonchev–Trinajstić information content (AvgIpc) is 2.90. The van der Waals surface area contributed by atoms with Gasteiger partial charge in [-0.05, 0) is 43.2 Å². The highest BCUT2D eigenvalue weighted by Crippen LogP contribution is 2.44. The van der Waals surface area contributed by atoms with Crippen LogP contribution >= 0.6 is 0 Å². The third kappa shape index (κ3) is 1.47. The van der Waals surface area contributed by atoms with Crippen molar-refractivity contribution in [1.29, 1.82) is 0 Å². The fourth-order valence-corrected chi connectivity index (χ4v) is 3.33. The summed E-state index contributed by atoms with van der Waals surface area (Å²) in [6.07, 6.45) is 4.51. The molecule has 1 aromatic carbocycles. The molecule has 1 unspecified atom stereocenters. The summed E-state index contributed by atoms with van der Waals surface area (Å²) in [5.74, 6) is -0.0312. The van der Waals surface area contributed by atoms with Gasteiger partial charge in [0.25, 0.3) is 5.69 Å². The monoisotopic (exact) mass is 233 g/mol. The van der Waals surface area contributed by atoms with Gasteiger partial charge in [0, 0.05) is 17.0 Å². The van der Waals surface area contributed by atoms with Crippen LogP contribution in [-0.4, -0.2) is 16.6 Å². The summed E-state index contributed by atoms with van der Waals surface area (Å²) in [6, 6.07) is 2.14. The number of fused-ring (bicyclic) bond motifs is 2. The zero-order chi connectivity index (χ0) is 12.0. The highest BCUT2D eigenvalue weighted by atomic mass is 16.6. The quantitative estimate of drug-likeness (QED) is 0.628. The average molecular weight is 233 g/mol. The molecule has 0 aromatic heterocycles. The molecule has 0 bridgehead atoms. The summed E-state index contributed by atoms with van der Waals surface area (Å²) >= 11 is 0. The molecule has 0 spiro atoms. The number of benzene rings is 1. The molecule has 0 heterocycles. The second-order valence-corrected chi connectivity index (χ2v) is 4.96. The number of nitro benzene ring substituents is 1. The maximum atomic E-state index is 11.3. The predicted octanol–water partition coefficient (Wildman–Crippen LogP) is 2.11. The third-order valence-corrected chi connectivity index (χ3v) is 4.07. The molecule has 90 valence electrons. The first-order valence-electron chi connectivity index (χ1n) is 6.15. The molecule has 0 radical (unpaired) electrons. The van der Waals surface area contributed by atoms with E-state index in [-0.39, 0.29) is 17.4 Å². The maximum Gasteiger partial charge on any atom is 0.276 e. The largest absolute Gasteiger partial charge is 0.396 e. The lowest BCUT2D eigenvalue weighted by molar-refractivity contribution is -0.386. The summed E-state index contributed by atoms with van der Waals surface area (Å²) in [4.78, 5) is 11.1. The summed E-state index contributed by atoms with van der Waals surface area (Å²) in [7, 11) is 0.